The van der Waals surface area contributed by atoms with Gasteiger partial charge in [-0.2, -0.15) is 11.8 Å². The van der Waals surface area contributed by atoms with E-state index in [1.807, 2.05) is 0 Å². The Labute approximate surface area is 299 Å². The maximum atomic E-state index is 12.2. The minimum atomic E-state index is -5.10. The number of esters is 1. The number of carbonyl (C=O) groups excluding carboxylic acids is 2. The van der Waals surface area contributed by atoms with Crippen molar-refractivity contribution in [3.8, 4) is 0 Å². The summed E-state index contributed by atoms with van der Waals surface area (Å²) in [5.74, 6) is 0.952. The molecular weight excluding hydrogens is 585 g/mol. The van der Waals surface area contributed by atoms with Crippen LogP contribution in [-0.4, -0.2) is 43.3 Å². The molecule has 0 aromatic carbocycles. The molecule has 0 aromatic rings. The van der Waals surface area contributed by atoms with E-state index in [4.69, 9.17) is 4.74 Å². The Bertz CT molecular complexity index is 613. The second-order valence-electron chi connectivity index (χ2n) is 10.4. The zero-order valence-corrected chi connectivity index (χ0v) is 32.2. The van der Waals surface area contributed by atoms with Crippen LogP contribution in [0.1, 0.15) is 142 Å². The monoisotopic (exact) mass is 640 g/mol. The van der Waals surface area contributed by atoms with Gasteiger partial charge in [0.15, 0.2) is 0 Å². The van der Waals surface area contributed by atoms with Crippen LogP contribution in [0.2, 0.25) is 0 Å². The molecule has 0 bridgehead atoms. The fourth-order valence-electron chi connectivity index (χ4n) is 4.36. The topological polar surface area (TPSA) is 125 Å². The van der Waals surface area contributed by atoms with Crippen molar-refractivity contribution in [2.45, 2.75) is 148 Å². The third kappa shape index (κ3) is 39.4. The Hall–Kier alpha value is 1.40. The molecule has 0 N–H and O–H groups in total. The molecule has 0 saturated heterocycles. The van der Waals surface area contributed by atoms with Gasteiger partial charge in [-0.15, -0.1) is 0 Å². The summed E-state index contributed by atoms with van der Waals surface area (Å²) < 4.78 is 25.4. The minimum Gasteiger partial charge on any atom is -0.790 e. The number of phosphoric acid groups is 1. The van der Waals surface area contributed by atoms with Gasteiger partial charge < -0.3 is 28.3 Å². The quantitative estimate of drug-likeness (QED) is 0.0357. The average Bonchev–Trinajstić information content (AvgIpc) is 2.90. The van der Waals surface area contributed by atoms with Crippen molar-refractivity contribution in [2.75, 3.05) is 24.7 Å². The predicted octanol–water partition coefficient (Wildman–Crippen LogP) is 0.870. The number of hydrogen-bond donors (Lipinski definition) is 0. The normalized spacial score (nSPS) is 11.8. The van der Waals surface area contributed by atoms with Crippen LogP contribution in [-0.2, 0) is 28.2 Å². The van der Waals surface area contributed by atoms with E-state index in [1.54, 1.807) is 11.8 Å². The summed E-state index contributed by atoms with van der Waals surface area (Å²) in [6.07, 6.45) is 22.9. The molecule has 0 aromatic heterocycles. The molecule has 8 nitrogen and oxygen atoms in total. The smallest absolute Gasteiger partial charge is 0.790 e. The molecule has 0 rings (SSSR count). The zero-order valence-electron chi connectivity index (χ0n) is 26.5. The summed E-state index contributed by atoms with van der Waals surface area (Å²) in [6, 6.07) is 0. The fraction of sp³-hybridized carbons (Fsp3) is 0.931. The molecule has 0 radical (unpaired) electrons. The van der Waals surface area contributed by atoms with Gasteiger partial charge in [0, 0.05) is 12.2 Å². The third-order valence-corrected chi connectivity index (χ3v) is 8.27. The van der Waals surface area contributed by atoms with Crippen molar-refractivity contribution in [2.24, 2.45) is 0 Å². The van der Waals surface area contributed by atoms with Crippen LogP contribution < -0.4 is 68.9 Å². The molecule has 0 spiro atoms. The number of unbranched alkanes of at least 4 members (excludes halogenated alkanes) is 18. The van der Waals surface area contributed by atoms with Crippen molar-refractivity contribution < 1.29 is 97.1 Å². The van der Waals surface area contributed by atoms with E-state index in [1.165, 1.54) is 83.5 Å². The van der Waals surface area contributed by atoms with Gasteiger partial charge in [-0.3, -0.25) is 9.59 Å². The molecule has 0 unspecified atom stereocenters. The Morgan fingerprint density at radius 1 is 0.756 bits per heavy atom. The zero-order chi connectivity index (χ0) is 28.9. The van der Waals surface area contributed by atoms with Crippen molar-refractivity contribution in [3.05, 3.63) is 0 Å². The van der Waals surface area contributed by atoms with Gasteiger partial charge in [-0.05, 0) is 25.0 Å². The van der Waals surface area contributed by atoms with Gasteiger partial charge >= 0.3 is 65.1 Å². The second-order valence-corrected chi connectivity index (χ2v) is 12.7. The molecule has 0 saturated carbocycles. The van der Waals surface area contributed by atoms with Crippen LogP contribution in [0.4, 0.5) is 0 Å². The van der Waals surface area contributed by atoms with E-state index in [2.05, 4.69) is 16.2 Å². The van der Waals surface area contributed by atoms with Crippen molar-refractivity contribution in [3.63, 3.8) is 0 Å². The van der Waals surface area contributed by atoms with Crippen LogP contribution in [0.3, 0.4) is 0 Å². The third-order valence-electron chi connectivity index (χ3n) is 6.62. The number of carbonyl (C=O) groups is 2. The molecule has 1 atom stereocenters. The summed E-state index contributed by atoms with van der Waals surface area (Å²) in [7, 11) is -5.10. The maximum Gasteiger partial charge on any atom is 1.00 e. The molecule has 12 heteroatoms. The average molecular weight is 641 g/mol. The molecule has 0 aliphatic carbocycles. The summed E-state index contributed by atoms with van der Waals surface area (Å²) in [6.45, 7) is 2.83. The van der Waals surface area contributed by atoms with Crippen LogP contribution in [0.25, 0.3) is 0 Å². The molecule has 0 heterocycles. The molecule has 0 amide bonds. The largest absolute Gasteiger partial charge is 1.00 e. The van der Waals surface area contributed by atoms with E-state index in [0.717, 1.165) is 50.7 Å². The van der Waals surface area contributed by atoms with Gasteiger partial charge in [-0.1, -0.05) is 116 Å². The van der Waals surface area contributed by atoms with Gasteiger partial charge in [0.05, 0.1) is 21.0 Å². The Kier molecular flexibility index (Phi) is 41.0. The van der Waals surface area contributed by atoms with E-state index >= 15 is 0 Å². The van der Waals surface area contributed by atoms with E-state index < -0.39 is 20.5 Å². The Morgan fingerprint density at radius 2 is 1.22 bits per heavy atom. The first-order valence-electron chi connectivity index (χ1n) is 15.4. The molecule has 0 fully saturated rings. The maximum absolute atomic E-state index is 12.2. The van der Waals surface area contributed by atoms with Crippen LogP contribution in [0.5, 0.6) is 0 Å². The molecular formula is C29H55Na2O8PS. The molecule has 0 aliphatic heterocycles. The molecule has 0 aliphatic rings. The van der Waals surface area contributed by atoms with Crippen molar-refractivity contribution in [1.29, 1.82) is 0 Å². The van der Waals surface area contributed by atoms with Gasteiger partial charge in [0.25, 0.3) is 6.47 Å². The second kappa shape index (κ2) is 35.9. The van der Waals surface area contributed by atoms with Crippen LogP contribution in [0, 0.1) is 0 Å². The van der Waals surface area contributed by atoms with Gasteiger partial charge in [0.2, 0.25) is 0 Å². The number of rotatable bonds is 31. The number of ether oxygens (including phenoxy) is 2. The van der Waals surface area contributed by atoms with E-state index in [9.17, 15) is 23.9 Å². The summed E-state index contributed by atoms with van der Waals surface area (Å²) in [4.78, 5) is 44.1. The summed E-state index contributed by atoms with van der Waals surface area (Å²) >= 11 is 1.60. The van der Waals surface area contributed by atoms with Gasteiger partial charge in [0.1, 0.15) is 6.10 Å². The summed E-state index contributed by atoms with van der Waals surface area (Å²) in [5.41, 5.74) is 0. The van der Waals surface area contributed by atoms with E-state index in [-0.39, 0.29) is 65.1 Å². The molecule has 232 valence electrons. The number of phosphoric ester groups is 1. The summed E-state index contributed by atoms with van der Waals surface area (Å²) in [5, 5.41) is 0. The number of thioether (sulfide) groups is 1. The number of hydrogen-bond acceptors (Lipinski definition) is 9. The standard InChI is InChI=1S/C29H57O8PS.2Na/c1-2-3-4-5-6-7-10-13-16-19-22-29(31)37-28(25-36-38(32,33)34)26-39-24-21-18-15-12-9-8-11-14-17-20-23-35-27-30;;/h27-28H,2-26H2,1H3,(H2,32,33,34);;/q;2*+1/p-2/t28-;;/m1../s1. The molecule has 41 heavy (non-hydrogen) atoms. The van der Waals surface area contributed by atoms with Crippen molar-refractivity contribution in [1.82, 2.24) is 0 Å². The van der Waals surface area contributed by atoms with Gasteiger partial charge in [-0.25, -0.2) is 0 Å². The first-order chi connectivity index (χ1) is 18.9. The Balaban J connectivity index is -0.00000722. The SMILES string of the molecule is CCCCCCCCCCCCC(=O)O[C@H](COP(=O)([O-])[O-])CSCCCCCCCCCCCCOC=O.[Na+].[Na+]. The Morgan fingerprint density at radius 3 is 1.71 bits per heavy atom. The van der Waals surface area contributed by atoms with E-state index in [0.29, 0.717) is 25.3 Å². The minimum absolute atomic E-state index is 0. The fourth-order valence-corrected chi connectivity index (χ4v) is 5.71. The first-order valence-corrected chi connectivity index (χ1v) is 18.0. The van der Waals surface area contributed by atoms with Crippen molar-refractivity contribution >= 4 is 32.0 Å². The van der Waals surface area contributed by atoms with Crippen LogP contribution in [0.15, 0.2) is 0 Å². The first kappa shape index (κ1) is 46.8. The predicted molar refractivity (Wildman–Crippen MR) is 155 cm³/mol. The van der Waals surface area contributed by atoms with Crippen LogP contribution >= 0.6 is 19.6 Å².